The molecule has 0 fully saturated rings. The summed E-state index contributed by atoms with van der Waals surface area (Å²) in [6, 6.07) is 7.90. The SMILES string of the molecule is COc1cccc(C(CNc2ncc(S(N)(=O)=O)s2)N(C)C)c1. The Morgan fingerprint density at radius 3 is 2.74 bits per heavy atom. The lowest BCUT2D eigenvalue weighted by molar-refractivity contribution is 0.310. The van der Waals surface area contributed by atoms with Crippen LogP contribution >= 0.6 is 11.3 Å². The second-order valence-corrected chi connectivity index (χ2v) is 7.99. The van der Waals surface area contributed by atoms with Gasteiger partial charge in [-0.05, 0) is 31.8 Å². The summed E-state index contributed by atoms with van der Waals surface area (Å²) >= 11 is 1.02. The number of benzene rings is 1. The van der Waals surface area contributed by atoms with Crippen molar-refractivity contribution in [2.75, 3.05) is 33.1 Å². The third-order valence-electron chi connectivity index (χ3n) is 3.31. The van der Waals surface area contributed by atoms with Gasteiger partial charge < -0.3 is 15.0 Å². The molecule has 1 atom stereocenters. The normalized spacial score (nSPS) is 13.1. The molecule has 0 amide bonds. The molecule has 0 aliphatic carbocycles. The van der Waals surface area contributed by atoms with E-state index in [-0.39, 0.29) is 10.3 Å². The smallest absolute Gasteiger partial charge is 0.249 e. The molecule has 0 saturated carbocycles. The third-order valence-corrected chi connectivity index (χ3v) is 5.68. The number of nitrogens with one attached hydrogen (secondary N) is 1. The Morgan fingerprint density at radius 1 is 1.43 bits per heavy atom. The maximum absolute atomic E-state index is 11.3. The fourth-order valence-electron chi connectivity index (χ4n) is 2.10. The zero-order valence-electron chi connectivity index (χ0n) is 13.2. The van der Waals surface area contributed by atoms with Crippen LogP contribution in [-0.4, -0.2) is 46.1 Å². The summed E-state index contributed by atoms with van der Waals surface area (Å²) in [5.74, 6) is 0.792. The quantitative estimate of drug-likeness (QED) is 0.780. The molecule has 1 heterocycles. The third kappa shape index (κ3) is 4.64. The van der Waals surface area contributed by atoms with Crippen LogP contribution in [-0.2, 0) is 10.0 Å². The molecular weight excluding hydrogens is 336 g/mol. The summed E-state index contributed by atoms with van der Waals surface area (Å²) in [5, 5.41) is 8.77. The first-order valence-electron chi connectivity index (χ1n) is 6.84. The predicted molar refractivity (Wildman–Crippen MR) is 91.4 cm³/mol. The molecule has 0 aliphatic heterocycles. The van der Waals surface area contributed by atoms with Crippen molar-refractivity contribution in [2.45, 2.75) is 10.3 Å². The van der Waals surface area contributed by atoms with Gasteiger partial charge in [-0.25, -0.2) is 18.5 Å². The molecule has 1 aromatic heterocycles. The van der Waals surface area contributed by atoms with Gasteiger partial charge in [0.1, 0.15) is 5.75 Å². The maximum Gasteiger partial charge on any atom is 0.249 e. The molecule has 9 heteroatoms. The average molecular weight is 356 g/mol. The molecule has 2 aromatic rings. The van der Waals surface area contributed by atoms with Gasteiger partial charge in [0, 0.05) is 6.54 Å². The molecule has 3 N–H and O–H groups in total. The number of thiazole rings is 1. The van der Waals surface area contributed by atoms with E-state index in [0.29, 0.717) is 11.7 Å². The number of hydrogen-bond acceptors (Lipinski definition) is 7. The molecule has 0 radical (unpaired) electrons. The van der Waals surface area contributed by atoms with E-state index < -0.39 is 10.0 Å². The molecule has 7 nitrogen and oxygen atoms in total. The number of methoxy groups -OCH3 is 1. The van der Waals surface area contributed by atoms with Gasteiger partial charge >= 0.3 is 0 Å². The number of ether oxygens (including phenoxy) is 1. The topological polar surface area (TPSA) is 97.5 Å². The number of rotatable bonds is 7. The monoisotopic (exact) mass is 356 g/mol. The first kappa shape index (κ1) is 17.7. The van der Waals surface area contributed by atoms with E-state index >= 15 is 0 Å². The minimum Gasteiger partial charge on any atom is -0.497 e. The van der Waals surface area contributed by atoms with Crippen molar-refractivity contribution in [2.24, 2.45) is 5.14 Å². The number of nitrogens with zero attached hydrogens (tertiary/aromatic N) is 2. The van der Waals surface area contributed by atoms with Gasteiger partial charge in [-0.1, -0.05) is 23.5 Å². The molecule has 1 unspecified atom stereocenters. The van der Waals surface area contributed by atoms with Gasteiger partial charge in [0.2, 0.25) is 10.0 Å². The summed E-state index contributed by atoms with van der Waals surface area (Å²) in [7, 11) is 1.87. The molecule has 23 heavy (non-hydrogen) atoms. The number of aromatic nitrogens is 1. The van der Waals surface area contributed by atoms with E-state index in [9.17, 15) is 8.42 Å². The lowest BCUT2D eigenvalue weighted by Crippen LogP contribution is -2.26. The Balaban J connectivity index is 2.12. The molecule has 0 aliphatic rings. The van der Waals surface area contributed by atoms with Gasteiger partial charge in [0.15, 0.2) is 9.34 Å². The fourth-order valence-corrected chi connectivity index (χ4v) is 3.56. The number of likely N-dealkylation sites (N-methyl/N-ethyl adjacent to an activating group) is 1. The zero-order valence-corrected chi connectivity index (χ0v) is 14.8. The number of anilines is 1. The van der Waals surface area contributed by atoms with Crippen molar-refractivity contribution < 1.29 is 13.2 Å². The van der Waals surface area contributed by atoms with Crippen molar-refractivity contribution in [1.82, 2.24) is 9.88 Å². The zero-order chi connectivity index (χ0) is 17.0. The molecule has 0 spiro atoms. The first-order valence-corrected chi connectivity index (χ1v) is 9.20. The van der Waals surface area contributed by atoms with Crippen molar-refractivity contribution in [1.29, 1.82) is 0 Å². The van der Waals surface area contributed by atoms with E-state index in [2.05, 4.69) is 15.2 Å². The molecular formula is C14H20N4O3S2. The highest BCUT2D eigenvalue weighted by Gasteiger charge is 2.17. The van der Waals surface area contributed by atoms with Crippen LogP contribution in [0.5, 0.6) is 5.75 Å². The van der Waals surface area contributed by atoms with E-state index in [1.165, 1.54) is 6.20 Å². The lowest BCUT2D eigenvalue weighted by atomic mass is 10.1. The molecule has 0 saturated heterocycles. The van der Waals surface area contributed by atoms with Crippen molar-refractivity contribution >= 4 is 26.5 Å². The minimum atomic E-state index is -3.71. The van der Waals surface area contributed by atoms with E-state index in [1.54, 1.807) is 7.11 Å². The highest BCUT2D eigenvalue weighted by atomic mass is 32.2. The standard InChI is InChI=1S/C14H20N4O3S2/c1-18(2)12(10-5-4-6-11(7-10)21-3)8-16-14-17-9-13(22-14)23(15,19)20/h4-7,9,12H,8H2,1-3H3,(H,16,17)(H2,15,19,20). The predicted octanol–water partition coefficient (Wildman–Crippen LogP) is 1.51. The number of nitrogens with two attached hydrogens (primary N) is 1. The summed E-state index contributed by atoms with van der Waals surface area (Å²) in [4.78, 5) is 6.11. The van der Waals surface area contributed by atoms with E-state index in [4.69, 9.17) is 9.88 Å². The highest BCUT2D eigenvalue weighted by molar-refractivity contribution is 7.91. The second-order valence-electron chi connectivity index (χ2n) is 5.17. The van der Waals surface area contributed by atoms with Crippen LogP contribution in [0.1, 0.15) is 11.6 Å². The molecule has 1 aromatic carbocycles. The fraction of sp³-hybridized carbons (Fsp3) is 0.357. The van der Waals surface area contributed by atoms with Crippen molar-refractivity contribution in [3.63, 3.8) is 0 Å². The Morgan fingerprint density at radius 2 is 2.17 bits per heavy atom. The Kier molecular flexibility index (Phi) is 5.58. The molecule has 126 valence electrons. The second kappa shape index (κ2) is 7.26. The van der Waals surface area contributed by atoms with E-state index in [0.717, 1.165) is 22.6 Å². The van der Waals surface area contributed by atoms with Crippen LogP contribution in [0.4, 0.5) is 5.13 Å². The minimum absolute atomic E-state index is 0.0442. The number of primary sulfonamides is 1. The summed E-state index contributed by atoms with van der Waals surface area (Å²) in [6.07, 6.45) is 1.26. The van der Waals surface area contributed by atoms with E-state index in [1.807, 2.05) is 38.4 Å². The van der Waals surface area contributed by atoms with Crippen LogP contribution in [0.15, 0.2) is 34.7 Å². The average Bonchev–Trinajstić information content (AvgIpc) is 2.96. The lowest BCUT2D eigenvalue weighted by Gasteiger charge is -2.25. The van der Waals surface area contributed by atoms with Gasteiger partial charge in [-0.15, -0.1) is 0 Å². The van der Waals surface area contributed by atoms with Crippen LogP contribution in [0.3, 0.4) is 0 Å². The molecule has 0 bridgehead atoms. The van der Waals surface area contributed by atoms with Gasteiger partial charge in [0.25, 0.3) is 0 Å². The summed E-state index contributed by atoms with van der Waals surface area (Å²) in [5.41, 5.74) is 1.09. The van der Waals surface area contributed by atoms with Crippen molar-refractivity contribution in [3.8, 4) is 5.75 Å². The van der Waals surface area contributed by atoms with Crippen LogP contribution in [0.2, 0.25) is 0 Å². The first-order chi connectivity index (χ1) is 10.8. The largest absolute Gasteiger partial charge is 0.497 e. The van der Waals surface area contributed by atoms with Crippen molar-refractivity contribution in [3.05, 3.63) is 36.0 Å². The van der Waals surface area contributed by atoms with Gasteiger partial charge in [-0.3, -0.25) is 0 Å². The Labute approximate surface area is 140 Å². The van der Waals surface area contributed by atoms with Gasteiger partial charge in [-0.2, -0.15) is 0 Å². The van der Waals surface area contributed by atoms with Gasteiger partial charge in [0.05, 0.1) is 19.3 Å². The Hall–Kier alpha value is -1.68. The van der Waals surface area contributed by atoms with Crippen LogP contribution in [0, 0.1) is 0 Å². The number of hydrogen-bond donors (Lipinski definition) is 2. The Bertz CT molecular complexity index is 759. The summed E-state index contributed by atoms with van der Waals surface area (Å²) < 4.78 is 27.9. The molecule has 2 rings (SSSR count). The maximum atomic E-state index is 11.3. The van der Waals surface area contributed by atoms with Crippen LogP contribution < -0.4 is 15.2 Å². The number of sulfonamides is 1. The summed E-state index contributed by atoms with van der Waals surface area (Å²) in [6.45, 7) is 0.567. The highest BCUT2D eigenvalue weighted by Crippen LogP contribution is 2.25. The van der Waals surface area contributed by atoms with Crippen LogP contribution in [0.25, 0.3) is 0 Å².